The Bertz CT molecular complexity index is 726. The van der Waals surface area contributed by atoms with Crippen LogP contribution in [-0.4, -0.2) is 42.0 Å². The summed E-state index contributed by atoms with van der Waals surface area (Å²) in [5.41, 5.74) is 0.598. The molecule has 0 unspecified atom stereocenters. The third kappa shape index (κ3) is 4.19. The number of rotatable bonds is 3. The van der Waals surface area contributed by atoms with Crippen molar-refractivity contribution >= 4 is 23.1 Å². The second-order valence-corrected chi connectivity index (χ2v) is 6.04. The molecule has 0 aliphatic carbocycles. The number of aliphatic imine (C=N–C) groups is 1. The lowest BCUT2D eigenvalue weighted by Gasteiger charge is -2.29. The van der Waals surface area contributed by atoms with Gasteiger partial charge in [0.05, 0.1) is 0 Å². The Balaban J connectivity index is 1.86. The van der Waals surface area contributed by atoms with E-state index in [4.69, 9.17) is 16.3 Å². The number of phenolic OH excluding ortho intramolecular Hbond substituents is 1. The Labute approximate surface area is 146 Å². The van der Waals surface area contributed by atoms with Gasteiger partial charge < -0.3 is 20.1 Å². The number of hydrogen-bond acceptors (Lipinski definition) is 4. The van der Waals surface area contributed by atoms with Crippen molar-refractivity contribution in [3.8, 4) is 17.2 Å². The van der Waals surface area contributed by atoms with Crippen LogP contribution in [0.3, 0.4) is 0 Å². The highest BCUT2D eigenvalue weighted by Crippen LogP contribution is 2.35. The topological polar surface area (TPSA) is 57.1 Å². The minimum atomic E-state index is 0.158. The maximum absolute atomic E-state index is 9.80. The summed E-state index contributed by atoms with van der Waals surface area (Å²) in [6.45, 7) is 5.70. The lowest BCUT2D eigenvalue weighted by molar-refractivity contribution is 0.355. The van der Waals surface area contributed by atoms with E-state index in [1.165, 1.54) is 0 Å². The summed E-state index contributed by atoms with van der Waals surface area (Å²) >= 11 is 5.90. The van der Waals surface area contributed by atoms with Crippen LogP contribution in [0.5, 0.6) is 17.2 Å². The Kier molecular flexibility index (Phi) is 5.23. The van der Waals surface area contributed by atoms with E-state index < -0.39 is 0 Å². The fourth-order valence-electron chi connectivity index (χ4n) is 2.54. The molecule has 126 valence electrons. The molecule has 1 heterocycles. The molecule has 5 nitrogen and oxygen atoms in total. The molecule has 0 radical (unpaired) electrons. The van der Waals surface area contributed by atoms with Crippen molar-refractivity contribution < 1.29 is 9.84 Å². The molecule has 1 fully saturated rings. The van der Waals surface area contributed by atoms with Crippen molar-refractivity contribution in [1.29, 1.82) is 0 Å². The summed E-state index contributed by atoms with van der Waals surface area (Å²) in [6.07, 6.45) is 0. The quantitative estimate of drug-likeness (QED) is 0.656. The summed E-state index contributed by atoms with van der Waals surface area (Å²) in [5, 5.41) is 13.8. The predicted octanol–water partition coefficient (Wildman–Crippen LogP) is 3.79. The minimum absolute atomic E-state index is 0.158. The first kappa shape index (κ1) is 16.6. The third-order valence-electron chi connectivity index (χ3n) is 3.84. The Morgan fingerprint density at radius 3 is 2.58 bits per heavy atom. The van der Waals surface area contributed by atoms with Crippen molar-refractivity contribution in [2.24, 2.45) is 4.99 Å². The van der Waals surface area contributed by atoms with E-state index in [1.807, 2.05) is 6.92 Å². The molecular weight excluding hydrogens is 326 g/mol. The normalized spacial score (nSPS) is 15.4. The maximum atomic E-state index is 9.80. The van der Waals surface area contributed by atoms with E-state index in [0.717, 1.165) is 32.0 Å². The number of aromatic hydroxyl groups is 1. The zero-order chi connectivity index (χ0) is 16.9. The minimum Gasteiger partial charge on any atom is -0.508 e. The number of piperazine rings is 1. The standard InChI is InChI=1S/C18H20ClN3O2/c1-13(22-10-8-20-9-11-22)21-17-12-15(23)4-7-18(17)24-16-5-2-14(19)3-6-16/h2-7,12,20,23H,8-11H2,1H3. The molecule has 0 bridgehead atoms. The van der Waals surface area contributed by atoms with Crippen LogP contribution in [0.15, 0.2) is 47.5 Å². The molecule has 1 aliphatic heterocycles. The summed E-state index contributed by atoms with van der Waals surface area (Å²) in [4.78, 5) is 6.88. The molecular formula is C18H20ClN3O2. The van der Waals surface area contributed by atoms with Crippen LogP contribution in [0.25, 0.3) is 0 Å². The first-order chi connectivity index (χ1) is 11.6. The van der Waals surface area contributed by atoms with Gasteiger partial charge in [-0.1, -0.05) is 11.6 Å². The van der Waals surface area contributed by atoms with Gasteiger partial charge in [0.2, 0.25) is 0 Å². The Morgan fingerprint density at radius 2 is 1.88 bits per heavy atom. The van der Waals surface area contributed by atoms with E-state index in [-0.39, 0.29) is 5.75 Å². The average Bonchev–Trinajstić information content (AvgIpc) is 2.60. The molecule has 1 saturated heterocycles. The molecule has 0 spiro atoms. The van der Waals surface area contributed by atoms with Crippen LogP contribution in [0, 0.1) is 0 Å². The van der Waals surface area contributed by atoms with E-state index in [1.54, 1.807) is 42.5 Å². The van der Waals surface area contributed by atoms with Gasteiger partial charge in [-0.05, 0) is 43.3 Å². The van der Waals surface area contributed by atoms with Gasteiger partial charge in [0.1, 0.15) is 23.0 Å². The maximum Gasteiger partial charge on any atom is 0.153 e. The molecule has 3 rings (SSSR count). The van der Waals surface area contributed by atoms with Gasteiger partial charge in [0.15, 0.2) is 5.75 Å². The zero-order valence-electron chi connectivity index (χ0n) is 13.5. The highest BCUT2D eigenvalue weighted by Gasteiger charge is 2.12. The molecule has 0 atom stereocenters. The van der Waals surface area contributed by atoms with Gasteiger partial charge in [0, 0.05) is 37.3 Å². The Morgan fingerprint density at radius 1 is 1.17 bits per heavy atom. The van der Waals surface area contributed by atoms with Gasteiger partial charge in [0.25, 0.3) is 0 Å². The third-order valence-corrected chi connectivity index (χ3v) is 4.09. The monoisotopic (exact) mass is 345 g/mol. The first-order valence-corrected chi connectivity index (χ1v) is 8.27. The van der Waals surface area contributed by atoms with E-state index in [2.05, 4.69) is 15.2 Å². The molecule has 0 saturated carbocycles. The van der Waals surface area contributed by atoms with Crippen molar-refractivity contribution in [2.45, 2.75) is 6.92 Å². The molecule has 2 aromatic rings. The van der Waals surface area contributed by atoms with Crippen LogP contribution in [0.2, 0.25) is 5.02 Å². The van der Waals surface area contributed by atoms with Crippen molar-refractivity contribution in [3.05, 3.63) is 47.5 Å². The fourth-order valence-corrected chi connectivity index (χ4v) is 2.67. The number of nitrogens with one attached hydrogen (secondary N) is 1. The highest BCUT2D eigenvalue weighted by molar-refractivity contribution is 6.30. The van der Waals surface area contributed by atoms with Gasteiger partial charge in [-0.25, -0.2) is 4.99 Å². The van der Waals surface area contributed by atoms with Gasteiger partial charge in [-0.15, -0.1) is 0 Å². The molecule has 24 heavy (non-hydrogen) atoms. The van der Waals surface area contributed by atoms with Gasteiger partial charge in [-0.3, -0.25) is 0 Å². The van der Waals surface area contributed by atoms with Gasteiger partial charge >= 0.3 is 0 Å². The van der Waals surface area contributed by atoms with Crippen LogP contribution >= 0.6 is 11.6 Å². The fraction of sp³-hybridized carbons (Fsp3) is 0.278. The zero-order valence-corrected chi connectivity index (χ0v) is 14.3. The SMILES string of the molecule is CC(=Nc1cc(O)ccc1Oc1ccc(Cl)cc1)N1CCNCC1. The number of amidine groups is 1. The summed E-state index contributed by atoms with van der Waals surface area (Å²) in [5.74, 6) is 2.32. The smallest absolute Gasteiger partial charge is 0.153 e. The number of nitrogens with zero attached hydrogens (tertiary/aromatic N) is 2. The second-order valence-electron chi connectivity index (χ2n) is 5.60. The van der Waals surface area contributed by atoms with Crippen LogP contribution in [0.1, 0.15) is 6.92 Å². The molecule has 2 N–H and O–H groups in total. The van der Waals surface area contributed by atoms with Crippen LogP contribution in [0.4, 0.5) is 5.69 Å². The molecule has 6 heteroatoms. The van der Waals surface area contributed by atoms with Crippen molar-refractivity contribution in [1.82, 2.24) is 10.2 Å². The number of benzene rings is 2. The summed E-state index contributed by atoms with van der Waals surface area (Å²) in [7, 11) is 0. The number of ether oxygens (including phenoxy) is 1. The number of hydrogen-bond donors (Lipinski definition) is 2. The predicted molar refractivity (Wildman–Crippen MR) is 96.8 cm³/mol. The van der Waals surface area contributed by atoms with Crippen molar-refractivity contribution in [3.63, 3.8) is 0 Å². The number of halogens is 1. The number of phenols is 1. The summed E-state index contributed by atoms with van der Waals surface area (Å²) in [6, 6.07) is 12.0. The second kappa shape index (κ2) is 7.55. The lowest BCUT2D eigenvalue weighted by atomic mass is 10.2. The molecule has 0 aromatic heterocycles. The first-order valence-electron chi connectivity index (χ1n) is 7.89. The van der Waals surface area contributed by atoms with E-state index >= 15 is 0 Å². The van der Waals surface area contributed by atoms with E-state index in [9.17, 15) is 5.11 Å². The molecule has 1 aliphatic rings. The molecule has 2 aromatic carbocycles. The average molecular weight is 346 g/mol. The largest absolute Gasteiger partial charge is 0.508 e. The lowest BCUT2D eigenvalue weighted by Crippen LogP contribution is -2.45. The van der Waals surface area contributed by atoms with E-state index in [0.29, 0.717) is 22.2 Å². The van der Waals surface area contributed by atoms with Crippen LogP contribution < -0.4 is 10.1 Å². The van der Waals surface area contributed by atoms with Crippen molar-refractivity contribution in [2.75, 3.05) is 26.2 Å². The van der Waals surface area contributed by atoms with Gasteiger partial charge in [-0.2, -0.15) is 0 Å². The summed E-state index contributed by atoms with van der Waals surface area (Å²) < 4.78 is 5.90. The molecule has 0 amide bonds. The Hall–Kier alpha value is -2.24. The highest BCUT2D eigenvalue weighted by atomic mass is 35.5. The van der Waals surface area contributed by atoms with Crippen LogP contribution in [-0.2, 0) is 0 Å².